The average molecular weight is 442 g/mol. The zero-order valence-electron chi connectivity index (χ0n) is 15.7. The smallest absolute Gasteiger partial charge is 0.395 e. The first-order valence-corrected chi connectivity index (χ1v) is 8.82. The highest BCUT2D eigenvalue weighted by Crippen LogP contribution is 2.28. The summed E-state index contributed by atoms with van der Waals surface area (Å²) >= 11 is 0. The van der Waals surface area contributed by atoms with Gasteiger partial charge in [-0.05, 0) is 6.42 Å². The van der Waals surface area contributed by atoms with E-state index in [2.05, 4.69) is 35.9 Å². The third kappa shape index (κ3) is 7.20. The molecule has 0 atom stereocenters. The minimum Gasteiger partial charge on any atom is -0.395 e. The molecule has 0 aliphatic heterocycles. The summed E-state index contributed by atoms with van der Waals surface area (Å²) in [7, 11) is 0. The van der Waals surface area contributed by atoms with Crippen molar-refractivity contribution in [2.75, 3.05) is 54.1 Å². The number of hydrogen-bond donors (Lipinski definition) is 5. The first-order valence-electron chi connectivity index (χ1n) is 8.82. The second-order valence-corrected chi connectivity index (χ2v) is 6.00. The largest absolute Gasteiger partial charge is 0.405 e. The van der Waals surface area contributed by atoms with Crippen molar-refractivity contribution in [3.63, 3.8) is 0 Å². The van der Waals surface area contributed by atoms with Gasteiger partial charge in [0.05, 0.1) is 6.61 Å². The molecule has 0 amide bonds. The molecule has 0 aliphatic rings. The first-order chi connectivity index (χ1) is 14.0. The molecule has 2 heterocycles. The lowest BCUT2D eigenvalue weighted by molar-refractivity contribution is -0.116. The maximum Gasteiger partial charge on any atom is 0.405 e. The zero-order chi connectivity index (χ0) is 22.4. The van der Waals surface area contributed by atoms with Crippen LogP contribution in [0.25, 0.3) is 11.0 Å². The van der Waals surface area contributed by atoms with E-state index in [-0.39, 0.29) is 47.7 Å². The van der Waals surface area contributed by atoms with Gasteiger partial charge in [-0.1, -0.05) is 6.92 Å². The van der Waals surface area contributed by atoms with E-state index in [1.54, 1.807) is 0 Å². The van der Waals surface area contributed by atoms with E-state index in [4.69, 9.17) is 5.11 Å². The Morgan fingerprint density at radius 1 is 0.700 bits per heavy atom. The van der Waals surface area contributed by atoms with Gasteiger partial charge in [-0.25, -0.2) is 9.97 Å². The number of aromatic nitrogens is 4. The van der Waals surface area contributed by atoms with Crippen LogP contribution in [0.3, 0.4) is 0 Å². The minimum absolute atomic E-state index is 0.00104. The van der Waals surface area contributed by atoms with Gasteiger partial charge in [0.15, 0.2) is 11.6 Å². The number of nitrogens with zero attached hydrogens (tertiary/aromatic N) is 4. The summed E-state index contributed by atoms with van der Waals surface area (Å²) in [4.78, 5) is 15.8. The fourth-order valence-electron chi connectivity index (χ4n) is 2.20. The number of anilines is 4. The molecule has 30 heavy (non-hydrogen) atoms. The van der Waals surface area contributed by atoms with Gasteiger partial charge in [0.2, 0.25) is 11.9 Å². The van der Waals surface area contributed by atoms with Gasteiger partial charge in [-0.15, -0.1) is 0 Å². The van der Waals surface area contributed by atoms with Gasteiger partial charge in [0, 0.05) is 13.1 Å². The summed E-state index contributed by atoms with van der Waals surface area (Å²) < 4.78 is 75.2. The van der Waals surface area contributed by atoms with Gasteiger partial charge in [0.25, 0.3) is 0 Å². The summed E-state index contributed by atoms with van der Waals surface area (Å²) in [5.41, 5.74) is -0.0274. The van der Waals surface area contributed by atoms with Crippen molar-refractivity contribution in [2.45, 2.75) is 25.7 Å². The maximum absolute atomic E-state index is 12.5. The molecule has 2 aromatic heterocycles. The monoisotopic (exact) mass is 442 g/mol. The number of halogens is 6. The van der Waals surface area contributed by atoms with Gasteiger partial charge >= 0.3 is 12.4 Å². The average Bonchev–Trinajstić information content (AvgIpc) is 2.66. The molecule has 0 aliphatic carbocycles. The molecule has 5 N–H and O–H groups in total. The molecule has 0 saturated heterocycles. The molecule has 0 bridgehead atoms. The highest BCUT2D eigenvalue weighted by atomic mass is 19.4. The van der Waals surface area contributed by atoms with Crippen molar-refractivity contribution < 1.29 is 31.4 Å². The highest BCUT2D eigenvalue weighted by molar-refractivity contribution is 5.94. The van der Waals surface area contributed by atoms with Gasteiger partial charge in [-0.3, -0.25) is 0 Å². The fraction of sp³-hybridized carbons (Fsp3) is 0.600. The lowest BCUT2D eigenvalue weighted by Crippen LogP contribution is -2.24. The molecule has 2 rings (SSSR count). The topological polar surface area (TPSA) is 120 Å². The van der Waals surface area contributed by atoms with Crippen LogP contribution < -0.4 is 21.3 Å². The second-order valence-electron chi connectivity index (χ2n) is 6.00. The Hall–Kier alpha value is -2.84. The molecule has 0 spiro atoms. The summed E-state index contributed by atoms with van der Waals surface area (Å²) in [6.45, 7) is -0.947. The van der Waals surface area contributed by atoms with Crippen molar-refractivity contribution >= 4 is 34.6 Å². The minimum atomic E-state index is -4.53. The number of nitrogens with one attached hydrogen (secondary N) is 4. The molecule has 0 unspecified atom stereocenters. The van der Waals surface area contributed by atoms with E-state index in [1.165, 1.54) is 0 Å². The number of fused-ring (bicyclic) bond motifs is 1. The Labute approximate surface area is 166 Å². The van der Waals surface area contributed by atoms with Crippen LogP contribution >= 0.6 is 0 Å². The number of hydrogen-bond acceptors (Lipinski definition) is 9. The quantitative estimate of drug-likeness (QED) is 0.354. The van der Waals surface area contributed by atoms with Crippen molar-refractivity contribution in [2.24, 2.45) is 0 Å². The Balaban J connectivity index is 2.53. The number of aliphatic hydroxyl groups excluding tert-OH is 1. The normalized spacial score (nSPS) is 12.1. The summed E-state index contributed by atoms with van der Waals surface area (Å²) in [5, 5.41) is 18.7. The molecular weight excluding hydrogens is 422 g/mol. The third-order valence-electron chi connectivity index (χ3n) is 3.38. The number of rotatable bonds is 10. The van der Waals surface area contributed by atoms with Crippen molar-refractivity contribution in [1.82, 2.24) is 19.9 Å². The van der Waals surface area contributed by atoms with Crippen LogP contribution in [0.2, 0.25) is 0 Å². The zero-order valence-corrected chi connectivity index (χ0v) is 15.7. The maximum atomic E-state index is 12.5. The summed E-state index contributed by atoms with van der Waals surface area (Å²) in [5.74, 6) is -0.809. The van der Waals surface area contributed by atoms with E-state index in [1.807, 2.05) is 12.2 Å². The van der Waals surface area contributed by atoms with E-state index in [9.17, 15) is 26.3 Å². The molecule has 0 fully saturated rings. The van der Waals surface area contributed by atoms with Crippen LogP contribution in [0, 0.1) is 0 Å². The highest BCUT2D eigenvalue weighted by Gasteiger charge is 2.29. The van der Waals surface area contributed by atoms with Crippen LogP contribution in [-0.4, -0.2) is 70.2 Å². The molecule has 2 aromatic rings. The second kappa shape index (κ2) is 9.77. The Morgan fingerprint density at radius 3 is 1.50 bits per heavy atom. The van der Waals surface area contributed by atoms with E-state index < -0.39 is 25.4 Å². The standard InChI is InChI=1S/C15H20F6N8O/c1-2-3-22-10-8-9(27-12(28-10)24-6-14(16,17)18)11(23-4-5-30)29-13(26-8)25-7-15(19,20)21/h30H,2-7H2,1H3,(H2,22,24,27,28)(H2,23,25,26,29). The lowest BCUT2D eigenvalue weighted by Gasteiger charge is -2.16. The van der Waals surface area contributed by atoms with Crippen molar-refractivity contribution in [3.05, 3.63) is 0 Å². The van der Waals surface area contributed by atoms with Crippen molar-refractivity contribution in [3.8, 4) is 0 Å². The summed E-state index contributed by atoms with van der Waals surface area (Å²) in [6.07, 6.45) is -8.41. The van der Waals surface area contributed by atoms with Crippen LogP contribution in [0.4, 0.5) is 49.9 Å². The predicted molar refractivity (Wildman–Crippen MR) is 98.6 cm³/mol. The fourth-order valence-corrected chi connectivity index (χ4v) is 2.20. The Kier molecular flexibility index (Phi) is 7.64. The molecule has 15 heteroatoms. The van der Waals surface area contributed by atoms with Crippen LogP contribution in [-0.2, 0) is 0 Å². The Bertz CT molecular complexity index is 775. The summed E-state index contributed by atoms with van der Waals surface area (Å²) in [6, 6.07) is 0. The van der Waals surface area contributed by atoms with Gasteiger partial charge < -0.3 is 26.4 Å². The number of aliphatic hydroxyl groups is 1. The molecular formula is C15H20F6N8O. The number of alkyl halides is 6. The van der Waals surface area contributed by atoms with Crippen molar-refractivity contribution in [1.29, 1.82) is 0 Å². The predicted octanol–water partition coefficient (Wildman–Crippen LogP) is 2.59. The van der Waals surface area contributed by atoms with E-state index >= 15 is 0 Å². The lowest BCUT2D eigenvalue weighted by atomic mass is 10.3. The molecule has 168 valence electrons. The van der Waals surface area contributed by atoms with E-state index in [0.29, 0.717) is 13.0 Å². The van der Waals surface area contributed by atoms with Crippen LogP contribution in [0.5, 0.6) is 0 Å². The molecule has 0 aromatic carbocycles. The molecule has 0 saturated carbocycles. The SMILES string of the molecule is CCCNc1nc(NCC(F)(F)F)nc2c(NCCO)nc(NCC(F)(F)F)nc12. The van der Waals surface area contributed by atoms with E-state index in [0.717, 1.165) is 0 Å². The van der Waals surface area contributed by atoms with Crippen LogP contribution in [0.15, 0.2) is 0 Å². The third-order valence-corrected chi connectivity index (χ3v) is 3.38. The van der Waals surface area contributed by atoms with Crippen LogP contribution in [0.1, 0.15) is 13.3 Å². The van der Waals surface area contributed by atoms with Gasteiger partial charge in [-0.2, -0.15) is 36.3 Å². The first kappa shape index (κ1) is 23.4. The Morgan fingerprint density at radius 2 is 1.13 bits per heavy atom. The molecule has 9 nitrogen and oxygen atoms in total. The molecule has 0 radical (unpaired) electrons. The van der Waals surface area contributed by atoms with Gasteiger partial charge in [0.1, 0.15) is 24.1 Å².